The number of pyridine rings is 1. The highest BCUT2D eigenvalue weighted by molar-refractivity contribution is 6.06. The van der Waals surface area contributed by atoms with E-state index in [1.807, 2.05) is 6.07 Å². The van der Waals surface area contributed by atoms with Crippen LogP contribution in [0.1, 0.15) is 30.8 Å². The Balaban J connectivity index is 1.73. The number of aromatic nitrogens is 4. The highest BCUT2D eigenvalue weighted by Crippen LogP contribution is 2.35. The number of aryl methyl sites for hydroxylation is 1. The number of fused-ring (bicyclic) bond motifs is 1. The van der Waals surface area contributed by atoms with Crippen LogP contribution in [0.4, 0.5) is 16.0 Å². The van der Waals surface area contributed by atoms with E-state index in [-0.39, 0.29) is 18.3 Å². The van der Waals surface area contributed by atoms with E-state index in [0.29, 0.717) is 41.6 Å². The van der Waals surface area contributed by atoms with E-state index in [2.05, 4.69) is 25.7 Å². The summed E-state index contributed by atoms with van der Waals surface area (Å²) in [6.45, 7) is 1.85. The van der Waals surface area contributed by atoms with Gasteiger partial charge in [0.2, 0.25) is 5.95 Å². The minimum atomic E-state index is -0.536. The van der Waals surface area contributed by atoms with Crippen molar-refractivity contribution >= 4 is 17.5 Å². The van der Waals surface area contributed by atoms with Gasteiger partial charge >= 0.3 is 0 Å². The molecular formula is C21H21FN6O2. The van der Waals surface area contributed by atoms with Crippen LogP contribution in [0.2, 0.25) is 0 Å². The summed E-state index contributed by atoms with van der Waals surface area (Å²) >= 11 is 0. The Kier molecular flexibility index (Phi) is 5.53. The number of aliphatic hydroxyl groups is 1. The lowest BCUT2D eigenvalue weighted by Gasteiger charge is -2.28. The zero-order chi connectivity index (χ0) is 21.1. The van der Waals surface area contributed by atoms with Crippen LogP contribution in [-0.2, 0) is 11.2 Å². The first kappa shape index (κ1) is 19.7. The van der Waals surface area contributed by atoms with Crippen molar-refractivity contribution in [1.29, 1.82) is 0 Å². The number of nitrogens with zero attached hydrogens (tertiary/aromatic N) is 4. The van der Waals surface area contributed by atoms with E-state index in [1.54, 1.807) is 30.1 Å². The molecule has 8 nitrogen and oxygen atoms in total. The van der Waals surface area contributed by atoms with Gasteiger partial charge in [-0.2, -0.15) is 10.1 Å². The number of hydrogen-bond donors (Lipinski definition) is 3. The molecule has 3 heterocycles. The zero-order valence-corrected chi connectivity index (χ0v) is 16.3. The first-order valence-corrected chi connectivity index (χ1v) is 9.57. The molecule has 0 saturated carbocycles. The van der Waals surface area contributed by atoms with E-state index in [9.17, 15) is 9.18 Å². The van der Waals surface area contributed by atoms with Crippen LogP contribution >= 0.6 is 0 Å². The van der Waals surface area contributed by atoms with E-state index in [4.69, 9.17) is 5.11 Å². The van der Waals surface area contributed by atoms with Crippen LogP contribution in [0, 0.1) is 5.82 Å². The highest BCUT2D eigenvalue weighted by atomic mass is 19.1. The maximum atomic E-state index is 13.2. The number of carbonyl (C=O) groups excluding carboxylic acids is 1. The summed E-state index contributed by atoms with van der Waals surface area (Å²) in [5.41, 5.74) is 2.36. The third kappa shape index (κ3) is 3.92. The first-order chi connectivity index (χ1) is 14.6. The topological polar surface area (TPSA) is 105 Å². The van der Waals surface area contributed by atoms with Gasteiger partial charge in [0, 0.05) is 36.8 Å². The molecule has 1 aliphatic rings. The van der Waals surface area contributed by atoms with Crippen molar-refractivity contribution in [2.45, 2.75) is 25.8 Å². The Morgan fingerprint density at radius 2 is 2.10 bits per heavy atom. The summed E-state index contributed by atoms with van der Waals surface area (Å²) in [6.07, 6.45) is 4.42. The summed E-state index contributed by atoms with van der Waals surface area (Å²) in [5.74, 6) is 0.387. The molecule has 154 valence electrons. The van der Waals surface area contributed by atoms with Crippen LogP contribution < -0.4 is 10.6 Å². The average Bonchev–Trinajstić information content (AvgIpc) is 3.15. The molecule has 3 N–H and O–H groups in total. The molecule has 0 fully saturated rings. The number of rotatable bonds is 6. The average molecular weight is 408 g/mol. The Labute approximate surface area is 172 Å². The Morgan fingerprint density at radius 1 is 1.30 bits per heavy atom. The van der Waals surface area contributed by atoms with Crippen molar-refractivity contribution < 1.29 is 14.3 Å². The number of carbonyl (C=O) groups is 1. The van der Waals surface area contributed by atoms with Crippen molar-refractivity contribution in [3.8, 4) is 0 Å². The predicted molar refractivity (Wildman–Crippen MR) is 109 cm³/mol. The van der Waals surface area contributed by atoms with E-state index in [1.165, 1.54) is 24.3 Å². The van der Waals surface area contributed by atoms with Gasteiger partial charge in [-0.05, 0) is 49.2 Å². The number of allylic oxidation sites excluding steroid dienone is 1. The largest absolute Gasteiger partial charge is 0.396 e. The number of halogens is 1. The van der Waals surface area contributed by atoms with Gasteiger partial charge in [-0.1, -0.05) is 6.07 Å². The number of hydrogen-bond acceptors (Lipinski definition) is 6. The molecule has 1 aliphatic heterocycles. The molecule has 0 aliphatic carbocycles. The number of benzene rings is 1. The van der Waals surface area contributed by atoms with E-state index >= 15 is 0 Å². The summed E-state index contributed by atoms with van der Waals surface area (Å²) < 4.78 is 14.9. The van der Waals surface area contributed by atoms with Crippen molar-refractivity contribution in [2.24, 2.45) is 0 Å². The molecule has 4 rings (SSSR count). The molecule has 1 unspecified atom stereocenters. The van der Waals surface area contributed by atoms with Gasteiger partial charge in [0.05, 0.1) is 5.57 Å². The summed E-state index contributed by atoms with van der Waals surface area (Å²) in [4.78, 5) is 21.9. The molecule has 2 aromatic heterocycles. The van der Waals surface area contributed by atoms with Gasteiger partial charge in [0.25, 0.3) is 5.91 Å². The standard InChI is InChI=1S/C21H21FN6O2/c1-13-18(20(30)25-16-8-6-15(22)7-9-16)19(14-4-2-10-23-12-14)28-21(24-13)26-17(27-28)5-3-11-29/h2,4,6-10,12,19,29H,3,5,11H2,1H3,(H,25,30)(H,24,26,27). The molecule has 0 radical (unpaired) electrons. The Bertz CT molecular complexity index is 1080. The van der Waals surface area contributed by atoms with Gasteiger partial charge < -0.3 is 15.7 Å². The lowest BCUT2D eigenvalue weighted by molar-refractivity contribution is -0.113. The highest BCUT2D eigenvalue weighted by Gasteiger charge is 2.34. The second kappa shape index (κ2) is 8.42. The summed E-state index contributed by atoms with van der Waals surface area (Å²) in [7, 11) is 0. The predicted octanol–water partition coefficient (Wildman–Crippen LogP) is 2.66. The smallest absolute Gasteiger partial charge is 0.255 e. The van der Waals surface area contributed by atoms with Crippen molar-refractivity contribution in [3.05, 3.63) is 77.3 Å². The molecule has 1 aromatic carbocycles. The molecule has 30 heavy (non-hydrogen) atoms. The SMILES string of the molecule is CC1=C(C(=O)Nc2ccc(F)cc2)C(c2cccnc2)n2nc(CCCO)nc2N1. The van der Waals surface area contributed by atoms with Crippen LogP contribution in [0.15, 0.2) is 60.1 Å². The maximum absolute atomic E-state index is 13.2. The number of amides is 1. The third-order valence-corrected chi connectivity index (χ3v) is 4.80. The molecule has 0 spiro atoms. The normalized spacial score (nSPS) is 15.5. The number of anilines is 2. The van der Waals surface area contributed by atoms with Gasteiger partial charge in [-0.15, -0.1) is 0 Å². The Morgan fingerprint density at radius 3 is 2.80 bits per heavy atom. The van der Waals surface area contributed by atoms with Crippen LogP contribution in [0.3, 0.4) is 0 Å². The quantitative estimate of drug-likeness (QED) is 0.579. The first-order valence-electron chi connectivity index (χ1n) is 9.57. The molecule has 9 heteroatoms. The van der Waals surface area contributed by atoms with Crippen molar-refractivity contribution in [3.63, 3.8) is 0 Å². The van der Waals surface area contributed by atoms with Crippen molar-refractivity contribution in [1.82, 2.24) is 19.7 Å². The lowest BCUT2D eigenvalue weighted by atomic mass is 9.96. The zero-order valence-electron chi connectivity index (χ0n) is 16.3. The fourth-order valence-electron chi connectivity index (χ4n) is 3.41. The molecule has 1 amide bonds. The number of aliphatic hydroxyl groups excluding tert-OH is 1. The fourth-order valence-corrected chi connectivity index (χ4v) is 3.41. The molecular weight excluding hydrogens is 387 g/mol. The van der Waals surface area contributed by atoms with Crippen LogP contribution in [0.25, 0.3) is 0 Å². The number of nitrogens with one attached hydrogen (secondary N) is 2. The lowest BCUT2D eigenvalue weighted by Crippen LogP contribution is -2.31. The third-order valence-electron chi connectivity index (χ3n) is 4.80. The molecule has 3 aromatic rings. The van der Waals surface area contributed by atoms with Gasteiger partial charge in [-0.25, -0.2) is 9.07 Å². The second-order valence-electron chi connectivity index (χ2n) is 6.94. The monoisotopic (exact) mass is 408 g/mol. The van der Waals surface area contributed by atoms with Crippen LogP contribution in [0.5, 0.6) is 0 Å². The minimum absolute atomic E-state index is 0.0476. The Hall–Kier alpha value is -3.59. The maximum Gasteiger partial charge on any atom is 0.255 e. The van der Waals surface area contributed by atoms with Crippen LogP contribution in [-0.4, -0.2) is 37.4 Å². The molecule has 0 saturated heterocycles. The van der Waals surface area contributed by atoms with E-state index < -0.39 is 6.04 Å². The van der Waals surface area contributed by atoms with Gasteiger partial charge in [-0.3, -0.25) is 9.78 Å². The summed E-state index contributed by atoms with van der Waals surface area (Å²) in [5, 5.41) is 19.6. The molecule has 1 atom stereocenters. The fraction of sp³-hybridized carbons (Fsp3) is 0.238. The second-order valence-corrected chi connectivity index (χ2v) is 6.94. The van der Waals surface area contributed by atoms with Crippen molar-refractivity contribution in [2.75, 3.05) is 17.2 Å². The minimum Gasteiger partial charge on any atom is -0.396 e. The van der Waals surface area contributed by atoms with Gasteiger partial charge in [0.1, 0.15) is 11.9 Å². The van der Waals surface area contributed by atoms with E-state index in [0.717, 1.165) is 5.56 Å². The molecule has 0 bridgehead atoms. The summed E-state index contributed by atoms with van der Waals surface area (Å²) in [6, 6.07) is 8.73. The van der Waals surface area contributed by atoms with Gasteiger partial charge in [0.15, 0.2) is 5.82 Å².